The standard InChI is InChI=1S/C25H26F2N6O2/c1-35-23-10-14(9-22(26)30-23)13-2-6-17(21(34)8-13)19-12-28-25(32-31-19)33(16-4-5-16)20-11-15-3-7-18(29-15)24(20)27/h2,6,8-10,12,15-16,18,20,24,29,34H,3-5,7,11H2,1H3/t15-,18-,20+,24-/m0/s1. The Labute approximate surface area is 201 Å². The molecule has 4 atom stereocenters. The van der Waals surface area contributed by atoms with Gasteiger partial charge in [-0.15, -0.1) is 10.2 Å². The fourth-order valence-electron chi connectivity index (χ4n) is 5.36. The summed E-state index contributed by atoms with van der Waals surface area (Å²) in [5.41, 5.74) is 1.96. The van der Waals surface area contributed by atoms with Crippen LogP contribution in [0, 0.1) is 5.95 Å². The van der Waals surface area contributed by atoms with Crippen molar-refractivity contribution in [2.45, 2.75) is 62.4 Å². The van der Waals surface area contributed by atoms with E-state index in [0.29, 0.717) is 34.4 Å². The fraction of sp³-hybridized carbons (Fsp3) is 0.440. The van der Waals surface area contributed by atoms with Crippen LogP contribution >= 0.6 is 0 Å². The maximum atomic E-state index is 15.3. The molecule has 1 saturated carbocycles. The van der Waals surface area contributed by atoms with Gasteiger partial charge in [-0.05, 0) is 55.4 Å². The number of methoxy groups -OCH3 is 1. The van der Waals surface area contributed by atoms with Crippen molar-refractivity contribution >= 4 is 5.95 Å². The molecule has 4 heterocycles. The second-order valence-electron chi connectivity index (χ2n) is 9.53. The van der Waals surface area contributed by atoms with Crippen molar-refractivity contribution in [3.05, 3.63) is 42.5 Å². The van der Waals surface area contributed by atoms with Gasteiger partial charge < -0.3 is 20.1 Å². The lowest BCUT2D eigenvalue weighted by Crippen LogP contribution is -2.57. The first-order valence-electron chi connectivity index (χ1n) is 11.9. The number of phenols is 1. The van der Waals surface area contributed by atoms with Gasteiger partial charge >= 0.3 is 0 Å². The van der Waals surface area contributed by atoms with Crippen molar-refractivity contribution in [1.29, 1.82) is 0 Å². The predicted octanol–water partition coefficient (Wildman–Crippen LogP) is 3.65. The van der Waals surface area contributed by atoms with Crippen LogP contribution < -0.4 is 15.0 Å². The Morgan fingerprint density at radius 1 is 1.09 bits per heavy atom. The Bertz CT molecular complexity index is 1240. The lowest BCUT2D eigenvalue weighted by Gasteiger charge is -2.40. The van der Waals surface area contributed by atoms with Gasteiger partial charge in [0.1, 0.15) is 17.6 Å². The van der Waals surface area contributed by atoms with Gasteiger partial charge in [-0.2, -0.15) is 9.37 Å². The van der Waals surface area contributed by atoms with Gasteiger partial charge in [0.25, 0.3) is 0 Å². The number of aromatic nitrogens is 4. The van der Waals surface area contributed by atoms with E-state index >= 15 is 4.39 Å². The Morgan fingerprint density at radius 3 is 2.66 bits per heavy atom. The van der Waals surface area contributed by atoms with E-state index in [1.54, 1.807) is 24.4 Å². The summed E-state index contributed by atoms with van der Waals surface area (Å²) in [5.74, 6) is -0.140. The Hall–Kier alpha value is -3.40. The van der Waals surface area contributed by atoms with Gasteiger partial charge in [-0.1, -0.05) is 6.07 Å². The number of alkyl halides is 1. The molecule has 8 nitrogen and oxygen atoms in total. The average molecular weight is 481 g/mol. The maximum absolute atomic E-state index is 15.3. The molecule has 182 valence electrons. The quantitative estimate of drug-likeness (QED) is 0.516. The van der Waals surface area contributed by atoms with Crippen molar-refractivity contribution in [2.24, 2.45) is 0 Å². The first kappa shape index (κ1) is 22.1. The van der Waals surface area contributed by atoms with Crippen LogP contribution in [0.1, 0.15) is 32.1 Å². The SMILES string of the molecule is COc1cc(-c2ccc(-c3cnc(N(C4CC4)[C@@H]4C[C@@H]5CC[C@H](N5)[C@@H]4F)nn3)c(O)c2)cc(F)n1. The molecule has 2 aromatic heterocycles. The number of piperidine rings is 1. The third kappa shape index (κ3) is 4.16. The summed E-state index contributed by atoms with van der Waals surface area (Å²) in [4.78, 5) is 10.2. The van der Waals surface area contributed by atoms with E-state index in [1.807, 2.05) is 4.90 Å². The number of aromatic hydroxyl groups is 1. The summed E-state index contributed by atoms with van der Waals surface area (Å²) in [6.07, 6.45) is 5.21. The van der Waals surface area contributed by atoms with Crippen molar-refractivity contribution < 1.29 is 18.6 Å². The molecule has 0 amide bonds. The van der Waals surface area contributed by atoms with E-state index in [1.165, 1.54) is 19.2 Å². The molecular formula is C25H26F2N6O2. The van der Waals surface area contributed by atoms with Crippen LogP contribution in [0.3, 0.4) is 0 Å². The first-order valence-corrected chi connectivity index (χ1v) is 11.9. The topological polar surface area (TPSA) is 96.3 Å². The fourth-order valence-corrected chi connectivity index (χ4v) is 5.36. The third-order valence-corrected chi connectivity index (χ3v) is 7.22. The van der Waals surface area contributed by atoms with E-state index in [4.69, 9.17) is 4.74 Å². The number of halogens is 2. The number of pyridine rings is 1. The van der Waals surface area contributed by atoms with Gasteiger partial charge in [0.05, 0.1) is 19.3 Å². The molecule has 2 aliphatic heterocycles. The van der Waals surface area contributed by atoms with Crippen LogP contribution in [0.15, 0.2) is 36.5 Å². The highest BCUT2D eigenvalue weighted by molar-refractivity contribution is 5.74. The molecule has 35 heavy (non-hydrogen) atoms. The highest BCUT2D eigenvalue weighted by Gasteiger charge is 2.48. The molecule has 1 aliphatic carbocycles. The number of hydrogen-bond acceptors (Lipinski definition) is 8. The zero-order valence-corrected chi connectivity index (χ0v) is 19.2. The molecule has 2 saturated heterocycles. The van der Waals surface area contributed by atoms with Crippen LogP contribution in [0.5, 0.6) is 11.6 Å². The van der Waals surface area contributed by atoms with Crippen molar-refractivity contribution in [2.75, 3.05) is 12.0 Å². The van der Waals surface area contributed by atoms with E-state index < -0.39 is 12.1 Å². The normalized spacial score (nSPS) is 25.5. The largest absolute Gasteiger partial charge is 0.507 e. The maximum Gasteiger partial charge on any atom is 0.245 e. The Morgan fingerprint density at radius 2 is 1.94 bits per heavy atom. The molecular weight excluding hydrogens is 454 g/mol. The summed E-state index contributed by atoms with van der Waals surface area (Å²) in [6.45, 7) is 0. The number of ether oxygens (including phenoxy) is 1. The molecule has 2 bridgehead atoms. The minimum absolute atomic E-state index is 0.0414. The molecule has 0 spiro atoms. The Kier molecular flexibility index (Phi) is 5.47. The zero-order valence-electron chi connectivity index (χ0n) is 19.2. The molecule has 3 aromatic rings. The first-order chi connectivity index (χ1) is 17.0. The van der Waals surface area contributed by atoms with Crippen LogP contribution in [0.4, 0.5) is 14.7 Å². The third-order valence-electron chi connectivity index (χ3n) is 7.22. The molecule has 0 unspecified atom stereocenters. The second-order valence-corrected chi connectivity index (χ2v) is 9.53. The predicted molar refractivity (Wildman–Crippen MR) is 125 cm³/mol. The molecule has 10 heteroatoms. The molecule has 3 aliphatic rings. The number of anilines is 1. The molecule has 0 radical (unpaired) electrons. The molecule has 3 fully saturated rings. The molecule has 1 aromatic carbocycles. The van der Waals surface area contributed by atoms with Crippen molar-refractivity contribution in [3.63, 3.8) is 0 Å². The van der Waals surface area contributed by atoms with Gasteiger partial charge in [0, 0.05) is 35.8 Å². The smallest absolute Gasteiger partial charge is 0.245 e. The van der Waals surface area contributed by atoms with E-state index in [0.717, 1.165) is 32.1 Å². The van der Waals surface area contributed by atoms with Crippen molar-refractivity contribution in [3.8, 4) is 34.0 Å². The van der Waals surface area contributed by atoms with Gasteiger partial charge in [-0.25, -0.2) is 9.37 Å². The monoisotopic (exact) mass is 480 g/mol. The van der Waals surface area contributed by atoms with Crippen LogP contribution in [0.2, 0.25) is 0 Å². The lowest BCUT2D eigenvalue weighted by atomic mass is 9.96. The van der Waals surface area contributed by atoms with Gasteiger partial charge in [0.2, 0.25) is 17.8 Å². The van der Waals surface area contributed by atoms with E-state index in [9.17, 15) is 9.50 Å². The van der Waals surface area contributed by atoms with Crippen LogP contribution in [-0.4, -0.2) is 62.7 Å². The summed E-state index contributed by atoms with van der Waals surface area (Å²) in [5, 5.41) is 22.7. The molecule has 6 rings (SSSR count). The number of benzene rings is 1. The number of nitrogens with zero attached hydrogens (tertiary/aromatic N) is 5. The summed E-state index contributed by atoms with van der Waals surface area (Å²) >= 11 is 0. The Balaban J connectivity index is 1.26. The zero-order chi connectivity index (χ0) is 24.1. The average Bonchev–Trinajstić information content (AvgIpc) is 3.62. The number of hydrogen-bond donors (Lipinski definition) is 2. The minimum atomic E-state index is -0.967. The second kappa shape index (κ2) is 8.67. The van der Waals surface area contributed by atoms with Crippen molar-refractivity contribution in [1.82, 2.24) is 25.5 Å². The summed E-state index contributed by atoms with van der Waals surface area (Å²) < 4.78 is 34.1. The number of rotatable bonds is 6. The van der Waals surface area contributed by atoms with E-state index in [-0.39, 0.29) is 29.8 Å². The van der Waals surface area contributed by atoms with Gasteiger partial charge in [-0.3, -0.25) is 0 Å². The van der Waals surface area contributed by atoms with E-state index in [2.05, 4.69) is 25.5 Å². The number of nitrogens with one attached hydrogen (secondary N) is 1. The number of phenolic OH excluding ortho intramolecular Hbond substituents is 1. The van der Waals surface area contributed by atoms with Crippen LogP contribution in [-0.2, 0) is 0 Å². The highest BCUT2D eigenvalue weighted by atomic mass is 19.1. The molecule has 2 N–H and O–H groups in total. The number of fused-ring (bicyclic) bond motifs is 2. The van der Waals surface area contributed by atoms with Gasteiger partial charge in [0.15, 0.2) is 0 Å². The summed E-state index contributed by atoms with van der Waals surface area (Å²) in [7, 11) is 1.41. The summed E-state index contributed by atoms with van der Waals surface area (Å²) in [6, 6.07) is 8.04. The highest BCUT2D eigenvalue weighted by Crippen LogP contribution is 2.40. The minimum Gasteiger partial charge on any atom is -0.507 e. The lowest BCUT2D eigenvalue weighted by molar-refractivity contribution is 0.171. The van der Waals surface area contributed by atoms with Crippen LogP contribution in [0.25, 0.3) is 22.4 Å².